The van der Waals surface area contributed by atoms with E-state index in [0.717, 1.165) is 6.42 Å². The standard InChI is InChI=1S/C8H16N2O4/c1-3-4-9-8(13)10-5-6(14-2)7(11)12/h6H,3-5H2,1-2H3,(H,11,12)(H2,9,10,13). The van der Waals surface area contributed by atoms with Crippen molar-refractivity contribution in [3.05, 3.63) is 0 Å². The normalized spacial score (nSPS) is 11.9. The molecule has 82 valence electrons. The summed E-state index contributed by atoms with van der Waals surface area (Å²) in [7, 11) is 1.28. The van der Waals surface area contributed by atoms with Crippen LogP contribution in [0.1, 0.15) is 13.3 Å². The van der Waals surface area contributed by atoms with Crippen LogP contribution in [0.3, 0.4) is 0 Å². The summed E-state index contributed by atoms with van der Waals surface area (Å²) in [5, 5.41) is 13.5. The molecule has 0 rings (SSSR count). The largest absolute Gasteiger partial charge is 0.479 e. The van der Waals surface area contributed by atoms with Crippen molar-refractivity contribution >= 4 is 12.0 Å². The number of hydrogen-bond donors (Lipinski definition) is 3. The first-order chi connectivity index (χ1) is 6.61. The summed E-state index contributed by atoms with van der Waals surface area (Å²) < 4.78 is 4.62. The van der Waals surface area contributed by atoms with Crippen LogP contribution in [0.2, 0.25) is 0 Å². The Morgan fingerprint density at radius 1 is 1.43 bits per heavy atom. The molecule has 0 heterocycles. The Bertz CT molecular complexity index is 196. The summed E-state index contributed by atoms with van der Waals surface area (Å²) >= 11 is 0. The summed E-state index contributed by atoms with van der Waals surface area (Å²) in [5.41, 5.74) is 0. The SMILES string of the molecule is CCCNC(=O)NCC(OC)C(=O)O. The number of ether oxygens (including phenoxy) is 1. The van der Waals surface area contributed by atoms with Crippen LogP contribution in [0.25, 0.3) is 0 Å². The molecule has 1 unspecified atom stereocenters. The summed E-state index contributed by atoms with van der Waals surface area (Å²) in [6, 6.07) is -0.379. The van der Waals surface area contributed by atoms with Gasteiger partial charge in [0.1, 0.15) is 0 Å². The van der Waals surface area contributed by atoms with Crippen LogP contribution in [-0.4, -0.2) is 43.4 Å². The van der Waals surface area contributed by atoms with Crippen LogP contribution in [0.4, 0.5) is 4.79 Å². The average molecular weight is 204 g/mol. The fourth-order valence-electron chi connectivity index (χ4n) is 0.758. The third kappa shape index (κ3) is 5.36. The Kier molecular flexibility index (Phi) is 6.47. The van der Waals surface area contributed by atoms with Crippen LogP contribution in [0, 0.1) is 0 Å². The van der Waals surface area contributed by atoms with Crippen molar-refractivity contribution in [3.63, 3.8) is 0 Å². The molecule has 0 aromatic heterocycles. The number of methoxy groups -OCH3 is 1. The zero-order chi connectivity index (χ0) is 11.0. The molecule has 14 heavy (non-hydrogen) atoms. The number of urea groups is 1. The van der Waals surface area contributed by atoms with Gasteiger partial charge in [0.25, 0.3) is 0 Å². The molecule has 2 amide bonds. The zero-order valence-corrected chi connectivity index (χ0v) is 8.37. The highest BCUT2D eigenvalue weighted by molar-refractivity contribution is 5.76. The van der Waals surface area contributed by atoms with Gasteiger partial charge in [-0.3, -0.25) is 0 Å². The van der Waals surface area contributed by atoms with Crippen LogP contribution in [0.15, 0.2) is 0 Å². The first-order valence-corrected chi connectivity index (χ1v) is 4.39. The van der Waals surface area contributed by atoms with Crippen molar-refractivity contribution in [2.45, 2.75) is 19.4 Å². The number of aliphatic carboxylic acids is 1. The summed E-state index contributed by atoms with van der Waals surface area (Å²) in [6.07, 6.45) is -0.164. The fraction of sp³-hybridized carbons (Fsp3) is 0.750. The second kappa shape index (κ2) is 7.14. The highest BCUT2D eigenvalue weighted by Gasteiger charge is 2.16. The quantitative estimate of drug-likeness (QED) is 0.559. The van der Waals surface area contributed by atoms with E-state index in [1.165, 1.54) is 7.11 Å². The molecule has 0 aliphatic carbocycles. The van der Waals surface area contributed by atoms with Gasteiger partial charge in [0, 0.05) is 13.7 Å². The third-order valence-corrected chi connectivity index (χ3v) is 1.54. The molecule has 6 nitrogen and oxygen atoms in total. The van der Waals surface area contributed by atoms with E-state index in [4.69, 9.17) is 5.11 Å². The fourth-order valence-corrected chi connectivity index (χ4v) is 0.758. The molecule has 0 aliphatic rings. The smallest absolute Gasteiger partial charge is 0.334 e. The van der Waals surface area contributed by atoms with E-state index in [9.17, 15) is 9.59 Å². The van der Waals surface area contributed by atoms with E-state index in [0.29, 0.717) is 6.54 Å². The number of carbonyl (C=O) groups excluding carboxylic acids is 1. The number of amides is 2. The van der Waals surface area contributed by atoms with E-state index in [-0.39, 0.29) is 12.6 Å². The molecule has 0 aromatic rings. The van der Waals surface area contributed by atoms with E-state index < -0.39 is 12.1 Å². The van der Waals surface area contributed by atoms with Crippen LogP contribution in [0.5, 0.6) is 0 Å². The number of carboxylic acid groups (broad SMARTS) is 1. The van der Waals surface area contributed by atoms with Gasteiger partial charge in [-0.05, 0) is 6.42 Å². The van der Waals surface area contributed by atoms with Crippen molar-refractivity contribution in [1.82, 2.24) is 10.6 Å². The van der Waals surface area contributed by atoms with E-state index in [2.05, 4.69) is 15.4 Å². The Morgan fingerprint density at radius 2 is 2.07 bits per heavy atom. The van der Waals surface area contributed by atoms with Gasteiger partial charge in [-0.2, -0.15) is 0 Å². The lowest BCUT2D eigenvalue weighted by Gasteiger charge is -2.11. The van der Waals surface area contributed by atoms with E-state index >= 15 is 0 Å². The minimum atomic E-state index is -1.09. The molecule has 0 bridgehead atoms. The van der Waals surface area contributed by atoms with E-state index in [1.54, 1.807) is 0 Å². The molecule has 3 N–H and O–H groups in total. The van der Waals surface area contributed by atoms with Crippen LogP contribution >= 0.6 is 0 Å². The van der Waals surface area contributed by atoms with Gasteiger partial charge in [-0.25, -0.2) is 9.59 Å². The Labute approximate surface area is 82.6 Å². The molecule has 0 spiro atoms. The zero-order valence-electron chi connectivity index (χ0n) is 8.37. The molecule has 6 heteroatoms. The Morgan fingerprint density at radius 3 is 2.50 bits per heavy atom. The van der Waals surface area contributed by atoms with Crippen molar-refractivity contribution in [2.24, 2.45) is 0 Å². The van der Waals surface area contributed by atoms with Gasteiger partial charge in [-0.1, -0.05) is 6.92 Å². The van der Waals surface area contributed by atoms with Crippen molar-refractivity contribution in [1.29, 1.82) is 0 Å². The number of carbonyl (C=O) groups is 2. The number of nitrogens with one attached hydrogen (secondary N) is 2. The van der Waals surface area contributed by atoms with Gasteiger partial charge in [0.15, 0.2) is 6.10 Å². The minimum Gasteiger partial charge on any atom is -0.479 e. The first kappa shape index (κ1) is 12.7. The first-order valence-electron chi connectivity index (χ1n) is 4.39. The maximum absolute atomic E-state index is 11.0. The predicted molar refractivity (Wildman–Crippen MR) is 50.1 cm³/mol. The monoisotopic (exact) mass is 204 g/mol. The highest BCUT2D eigenvalue weighted by atomic mass is 16.5. The van der Waals surface area contributed by atoms with Crippen molar-refractivity contribution in [3.8, 4) is 0 Å². The van der Waals surface area contributed by atoms with Gasteiger partial charge in [0.05, 0.1) is 6.54 Å². The molecule has 0 aliphatic heterocycles. The second-order valence-electron chi connectivity index (χ2n) is 2.70. The molecule has 0 fully saturated rings. The molecule has 0 radical (unpaired) electrons. The average Bonchev–Trinajstić information content (AvgIpc) is 2.15. The lowest BCUT2D eigenvalue weighted by molar-refractivity contribution is -0.147. The topological polar surface area (TPSA) is 87.7 Å². The third-order valence-electron chi connectivity index (χ3n) is 1.54. The van der Waals surface area contributed by atoms with Crippen LogP contribution in [-0.2, 0) is 9.53 Å². The maximum atomic E-state index is 11.0. The Balaban J connectivity index is 3.68. The van der Waals surface area contributed by atoms with E-state index in [1.807, 2.05) is 6.92 Å². The van der Waals surface area contributed by atoms with Gasteiger partial charge >= 0.3 is 12.0 Å². The maximum Gasteiger partial charge on any atom is 0.334 e. The molecule has 0 aromatic carbocycles. The predicted octanol–water partition coefficient (Wildman–Crippen LogP) is -0.205. The molecular weight excluding hydrogens is 188 g/mol. The summed E-state index contributed by atoms with van der Waals surface area (Å²) in [6.45, 7) is 2.45. The molecule has 1 atom stereocenters. The number of rotatable bonds is 6. The van der Waals surface area contributed by atoms with Crippen LogP contribution < -0.4 is 10.6 Å². The molecule has 0 saturated heterocycles. The molecule has 0 saturated carbocycles. The lowest BCUT2D eigenvalue weighted by atomic mass is 10.3. The summed E-state index contributed by atoms with van der Waals surface area (Å²) in [4.78, 5) is 21.4. The summed E-state index contributed by atoms with van der Waals surface area (Å²) in [5.74, 6) is -1.09. The molecular formula is C8H16N2O4. The van der Waals surface area contributed by atoms with Crippen molar-refractivity contribution in [2.75, 3.05) is 20.2 Å². The number of hydrogen-bond acceptors (Lipinski definition) is 3. The Hall–Kier alpha value is -1.30. The van der Waals surface area contributed by atoms with Gasteiger partial charge in [0.2, 0.25) is 0 Å². The lowest BCUT2D eigenvalue weighted by Crippen LogP contribution is -2.42. The minimum absolute atomic E-state index is 0.0403. The second-order valence-corrected chi connectivity index (χ2v) is 2.70. The van der Waals surface area contributed by atoms with Gasteiger partial charge in [-0.15, -0.1) is 0 Å². The number of carboxylic acids is 1. The highest BCUT2D eigenvalue weighted by Crippen LogP contribution is 1.87. The van der Waals surface area contributed by atoms with Crippen molar-refractivity contribution < 1.29 is 19.4 Å². The van der Waals surface area contributed by atoms with Gasteiger partial charge < -0.3 is 20.5 Å².